The molecule has 0 spiro atoms. The standard InChI is InChI=1S/C14H16/c1-10(2)13-9-7-12-6-4-11(3)5-8-14(12)13/h4-10H,1-3H3. The molecule has 0 heteroatoms. The molecular formula is C14H16. The summed E-state index contributed by atoms with van der Waals surface area (Å²) in [6.07, 6.45) is 0. The van der Waals surface area contributed by atoms with E-state index in [0.717, 1.165) is 0 Å². The summed E-state index contributed by atoms with van der Waals surface area (Å²) in [5.41, 5.74) is 5.52. The van der Waals surface area contributed by atoms with Crippen molar-refractivity contribution in [1.29, 1.82) is 0 Å². The van der Waals surface area contributed by atoms with Gasteiger partial charge >= 0.3 is 0 Å². The summed E-state index contributed by atoms with van der Waals surface area (Å²) in [6, 6.07) is 13.3. The highest BCUT2D eigenvalue weighted by molar-refractivity contribution is 5.71. The zero-order chi connectivity index (χ0) is 10.1. The largest absolute Gasteiger partial charge is 0.0587 e. The summed E-state index contributed by atoms with van der Waals surface area (Å²) >= 11 is 0. The van der Waals surface area contributed by atoms with E-state index in [0.29, 0.717) is 5.92 Å². The third-order valence-corrected chi connectivity index (χ3v) is 2.73. The lowest BCUT2D eigenvalue weighted by atomic mass is 10.0. The van der Waals surface area contributed by atoms with Gasteiger partial charge in [-0.1, -0.05) is 55.8 Å². The quantitative estimate of drug-likeness (QED) is 0.622. The molecule has 0 aromatic carbocycles. The molecule has 0 unspecified atom stereocenters. The van der Waals surface area contributed by atoms with Crippen LogP contribution in [0.15, 0.2) is 36.4 Å². The summed E-state index contributed by atoms with van der Waals surface area (Å²) < 4.78 is 0. The maximum atomic E-state index is 2.24. The van der Waals surface area contributed by atoms with Crippen LogP contribution < -0.4 is 0 Å². The van der Waals surface area contributed by atoms with E-state index in [9.17, 15) is 0 Å². The molecule has 2 aliphatic rings. The van der Waals surface area contributed by atoms with Gasteiger partial charge in [-0.15, -0.1) is 0 Å². The molecule has 0 fully saturated rings. The first-order valence-corrected chi connectivity index (χ1v) is 5.18. The summed E-state index contributed by atoms with van der Waals surface area (Å²) in [4.78, 5) is 0. The van der Waals surface area contributed by atoms with Crippen LogP contribution in [0.2, 0.25) is 0 Å². The van der Waals surface area contributed by atoms with E-state index in [1.165, 1.54) is 22.3 Å². The maximum Gasteiger partial charge on any atom is -0.0149 e. The molecule has 2 rings (SSSR count). The van der Waals surface area contributed by atoms with Crippen molar-refractivity contribution < 1.29 is 0 Å². The van der Waals surface area contributed by atoms with E-state index in [4.69, 9.17) is 0 Å². The van der Waals surface area contributed by atoms with Crippen molar-refractivity contribution in [3.63, 3.8) is 0 Å². The van der Waals surface area contributed by atoms with E-state index in [1.54, 1.807) is 0 Å². The number of hydrogen-bond acceptors (Lipinski definition) is 0. The van der Waals surface area contributed by atoms with Gasteiger partial charge in [0, 0.05) is 0 Å². The molecule has 0 radical (unpaired) electrons. The van der Waals surface area contributed by atoms with E-state index >= 15 is 0 Å². The molecule has 72 valence electrons. The summed E-state index contributed by atoms with van der Waals surface area (Å²) in [5, 5.41) is 0. The molecule has 0 aromatic rings. The molecule has 0 saturated heterocycles. The van der Waals surface area contributed by atoms with Gasteiger partial charge in [0.15, 0.2) is 0 Å². The van der Waals surface area contributed by atoms with Crippen molar-refractivity contribution in [3.05, 3.63) is 47.5 Å². The highest BCUT2D eigenvalue weighted by atomic mass is 14.1. The van der Waals surface area contributed by atoms with Crippen molar-refractivity contribution >= 4 is 0 Å². The van der Waals surface area contributed by atoms with Crippen molar-refractivity contribution in [2.24, 2.45) is 0 Å². The van der Waals surface area contributed by atoms with Gasteiger partial charge in [-0.2, -0.15) is 0 Å². The second kappa shape index (κ2) is 3.45. The Labute approximate surface area is 85.9 Å². The zero-order valence-electron chi connectivity index (χ0n) is 9.04. The third kappa shape index (κ3) is 1.52. The first-order chi connectivity index (χ1) is 6.68. The fourth-order valence-electron chi connectivity index (χ4n) is 1.86. The van der Waals surface area contributed by atoms with Gasteiger partial charge in [-0.25, -0.2) is 0 Å². The fraction of sp³-hybridized carbons (Fsp3) is 0.286. The average molecular weight is 184 g/mol. The number of aryl methyl sites for hydroxylation is 1. The Hall–Kier alpha value is -1.30. The van der Waals surface area contributed by atoms with E-state index in [-0.39, 0.29) is 0 Å². The molecule has 0 amide bonds. The minimum atomic E-state index is 0.607. The molecule has 2 aliphatic carbocycles. The Balaban J connectivity index is 2.63. The summed E-state index contributed by atoms with van der Waals surface area (Å²) in [5.74, 6) is 0.607. The molecule has 0 N–H and O–H groups in total. The van der Waals surface area contributed by atoms with Crippen LogP contribution in [0.25, 0.3) is 11.1 Å². The highest BCUT2D eigenvalue weighted by Crippen LogP contribution is 2.32. The van der Waals surface area contributed by atoms with Gasteiger partial charge < -0.3 is 0 Å². The van der Waals surface area contributed by atoms with Crippen LogP contribution in [0.3, 0.4) is 0 Å². The van der Waals surface area contributed by atoms with Crippen molar-refractivity contribution in [2.45, 2.75) is 26.7 Å². The molecule has 0 nitrogen and oxygen atoms in total. The monoisotopic (exact) mass is 184 g/mol. The van der Waals surface area contributed by atoms with Gasteiger partial charge in [0.1, 0.15) is 0 Å². The van der Waals surface area contributed by atoms with Gasteiger partial charge in [0.05, 0.1) is 0 Å². The molecular weight excluding hydrogens is 168 g/mol. The summed E-state index contributed by atoms with van der Waals surface area (Å²) in [7, 11) is 0. The third-order valence-electron chi connectivity index (χ3n) is 2.73. The van der Waals surface area contributed by atoms with Crippen molar-refractivity contribution in [2.75, 3.05) is 0 Å². The lowest BCUT2D eigenvalue weighted by Crippen LogP contribution is -1.84. The Morgan fingerprint density at radius 1 is 0.857 bits per heavy atom. The lowest BCUT2D eigenvalue weighted by Gasteiger charge is -2.04. The molecule has 0 aliphatic heterocycles. The van der Waals surface area contributed by atoms with Crippen molar-refractivity contribution in [1.82, 2.24) is 0 Å². The van der Waals surface area contributed by atoms with Gasteiger partial charge in [0.2, 0.25) is 0 Å². The van der Waals surface area contributed by atoms with Gasteiger partial charge in [0.25, 0.3) is 0 Å². The molecule has 0 aromatic heterocycles. The van der Waals surface area contributed by atoms with Crippen LogP contribution in [-0.4, -0.2) is 0 Å². The Morgan fingerprint density at radius 3 is 2.21 bits per heavy atom. The predicted molar refractivity (Wildman–Crippen MR) is 61.9 cm³/mol. The van der Waals surface area contributed by atoms with E-state index < -0.39 is 0 Å². The first-order valence-electron chi connectivity index (χ1n) is 5.18. The Kier molecular flexibility index (Phi) is 2.28. The van der Waals surface area contributed by atoms with Gasteiger partial charge in [-0.05, 0) is 29.5 Å². The topological polar surface area (TPSA) is 0 Å². The Morgan fingerprint density at radius 2 is 1.50 bits per heavy atom. The normalized spacial score (nSPS) is 11.1. The second-order valence-electron chi connectivity index (χ2n) is 4.22. The summed E-state index contributed by atoms with van der Waals surface area (Å²) in [6.45, 7) is 6.62. The average Bonchev–Trinajstić information content (AvgIpc) is 2.46. The van der Waals surface area contributed by atoms with Crippen LogP contribution in [0.4, 0.5) is 0 Å². The number of rotatable bonds is 1. The smallest absolute Gasteiger partial charge is 0.0149 e. The number of fused-ring (bicyclic) bond motifs is 1. The maximum absolute atomic E-state index is 2.24. The van der Waals surface area contributed by atoms with Gasteiger partial charge in [-0.3, -0.25) is 0 Å². The molecule has 14 heavy (non-hydrogen) atoms. The van der Waals surface area contributed by atoms with Crippen molar-refractivity contribution in [3.8, 4) is 11.1 Å². The SMILES string of the molecule is Cc1ccc2ccc(C(C)C)c-2cc1. The lowest BCUT2D eigenvalue weighted by molar-refractivity contribution is 0.873. The minimum absolute atomic E-state index is 0.607. The molecule has 0 bridgehead atoms. The molecule has 0 saturated carbocycles. The predicted octanol–water partition coefficient (Wildman–Crippen LogP) is 4.22. The van der Waals surface area contributed by atoms with Crippen LogP contribution in [0, 0.1) is 6.92 Å². The van der Waals surface area contributed by atoms with Crippen LogP contribution in [-0.2, 0) is 0 Å². The highest BCUT2D eigenvalue weighted by Gasteiger charge is 2.09. The zero-order valence-corrected chi connectivity index (χ0v) is 9.04. The second-order valence-corrected chi connectivity index (χ2v) is 4.22. The molecule has 0 atom stereocenters. The molecule has 0 heterocycles. The fourth-order valence-corrected chi connectivity index (χ4v) is 1.86. The Bertz CT molecular complexity index is 413. The van der Waals surface area contributed by atoms with E-state index in [1.807, 2.05) is 0 Å². The first kappa shape index (κ1) is 9.26. The van der Waals surface area contributed by atoms with Crippen LogP contribution in [0.1, 0.15) is 30.9 Å². The minimum Gasteiger partial charge on any atom is -0.0587 e. The van der Waals surface area contributed by atoms with E-state index in [2.05, 4.69) is 57.2 Å². The van der Waals surface area contributed by atoms with Crippen LogP contribution >= 0.6 is 0 Å². The number of hydrogen-bond donors (Lipinski definition) is 0. The van der Waals surface area contributed by atoms with Crippen LogP contribution in [0.5, 0.6) is 0 Å².